The average molecular weight is 547 g/mol. The van der Waals surface area contributed by atoms with E-state index >= 15 is 0 Å². The van der Waals surface area contributed by atoms with E-state index in [9.17, 15) is 10.2 Å². The molecule has 3 aromatic heterocycles. The summed E-state index contributed by atoms with van der Waals surface area (Å²) in [6, 6.07) is 6.97. The van der Waals surface area contributed by atoms with Gasteiger partial charge in [0.15, 0.2) is 34.6 Å². The van der Waals surface area contributed by atoms with Crippen molar-refractivity contribution in [3.05, 3.63) is 53.8 Å². The van der Waals surface area contributed by atoms with Crippen molar-refractivity contribution in [3.8, 4) is 0 Å². The first kappa shape index (κ1) is 26.5. The Morgan fingerprint density at radius 3 is 2.83 bits per heavy atom. The number of imidazole rings is 2. The second-order valence-electron chi connectivity index (χ2n) is 11.3. The van der Waals surface area contributed by atoms with Crippen LogP contribution in [0.15, 0.2) is 42.4 Å². The van der Waals surface area contributed by atoms with Crippen molar-refractivity contribution in [2.24, 2.45) is 5.92 Å². The highest BCUT2D eigenvalue weighted by Crippen LogP contribution is 2.39. The standard InChI is InChI=1S/C29H38N8O3/c1-5-30-27-24-28(32-14-31-27)37(15-33-24)29-26(39)25(38)22(40-29)13-36(16(2)3)19-11-18(12-19)7-9-23-34-20-8-6-17(4)10-21(20)35-23/h6,8,10,14-16,18-19,26,29,38-39H,5,7,9,11-13H2,1-4H3,(H,34,35)(H,30,31,32)/t18?,19?,26?,29-/m1/s1. The Labute approximate surface area is 233 Å². The van der Waals surface area contributed by atoms with Gasteiger partial charge < -0.3 is 25.3 Å². The van der Waals surface area contributed by atoms with Crippen LogP contribution in [0.25, 0.3) is 22.2 Å². The predicted molar refractivity (Wildman–Crippen MR) is 153 cm³/mol. The van der Waals surface area contributed by atoms with Gasteiger partial charge in [0.05, 0.1) is 17.6 Å². The third-order valence-electron chi connectivity index (χ3n) is 8.22. The lowest BCUT2D eigenvalue weighted by atomic mass is 9.76. The number of anilines is 1. The van der Waals surface area contributed by atoms with Crippen molar-refractivity contribution in [2.75, 3.05) is 18.4 Å². The number of benzene rings is 1. The van der Waals surface area contributed by atoms with Crippen LogP contribution in [0.2, 0.25) is 0 Å². The molecular weight excluding hydrogens is 508 g/mol. The molecule has 0 radical (unpaired) electrons. The Hall–Kier alpha value is -3.70. The van der Waals surface area contributed by atoms with Gasteiger partial charge in [-0.25, -0.2) is 19.9 Å². The molecule has 0 saturated heterocycles. The first-order valence-electron chi connectivity index (χ1n) is 14.2. The zero-order valence-electron chi connectivity index (χ0n) is 23.5. The highest BCUT2D eigenvalue weighted by molar-refractivity contribution is 5.82. The van der Waals surface area contributed by atoms with E-state index in [0.29, 0.717) is 47.8 Å². The van der Waals surface area contributed by atoms with Gasteiger partial charge in [-0.05, 0) is 70.6 Å². The van der Waals surface area contributed by atoms with Crippen molar-refractivity contribution >= 4 is 28.0 Å². The van der Waals surface area contributed by atoms with E-state index in [-0.39, 0.29) is 11.8 Å². The topological polar surface area (TPSA) is 137 Å². The number of aliphatic hydroxyl groups excluding tert-OH is 2. The van der Waals surface area contributed by atoms with E-state index in [2.05, 4.69) is 69.1 Å². The van der Waals surface area contributed by atoms with Gasteiger partial charge in [0, 0.05) is 25.0 Å². The Balaban J connectivity index is 1.08. The summed E-state index contributed by atoms with van der Waals surface area (Å²) in [6.07, 6.45) is 5.19. The summed E-state index contributed by atoms with van der Waals surface area (Å²) in [5, 5.41) is 25.0. The summed E-state index contributed by atoms with van der Waals surface area (Å²) >= 11 is 0. The Bertz CT molecular complexity index is 1540. The van der Waals surface area contributed by atoms with Crippen molar-refractivity contribution in [1.82, 2.24) is 34.4 Å². The fourth-order valence-corrected chi connectivity index (χ4v) is 5.97. The number of aromatic amines is 1. The molecule has 212 valence electrons. The molecular formula is C29H38N8O3. The molecule has 6 rings (SSSR count). The average Bonchev–Trinajstić information content (AvgIpc) is 3.59. The molecule has 0 bridgehead atoms. The third-order valence-corrected chi connectivity index (χ3v) is 8.22. The first-order chi connectivity index (χ1) is 19.3. The van der Waals surface area contributed by atoms with E-state index < -0.39 is 12.3 Å². The minimum absolute atomic E-state index is 0.130. The number of nitrogens with zero attached hydrogens (tertiary/aromatic N) is 6. The smallest absolute Gasteiger partial charge is 0.211 e. The molecule has 1 saturated carbocycles. The molecule has 1 aromatic carbocycles. The summed E-state index contributed by atoms with van der Waals surface area (Å²) in [7, 11) is 0. The van der Waals surface area contributed by atoms with E-state index in [4.69, 9.17) is 9.72 Å². The maximum Gasteiger partial charge on any atom is 0.211 e. The molecule has 1 fully saturated rings. The highest BCUT2D eigenvalue weighted by atomic mass is 16.5. The highest BCUT2D eigenvalue weighted by Gasteiger charge is 2.41. The number of aryl methyl sites for hydroxylation is 2. The summed E-state index contributed by atoms with van der Waals surface area (Å²) in [5.74, 6) is 2.57. The Kier molecular flexibility index (Phi) is 7.09. The molecule has 2 aliphatic rings. The largest absolute Gasteiger partial charge is 0.506 e. The lowest BCUT2D eigenvalue weighted by Gasteiger charge is -2.45. The summed E-state index contributed by atoms with van der Waals surface area (Å²) in [5.41, 5.74) is 4.49. The maximum absolute atomic E-state index is 10.9. The SMILES string of the molecule is CCNc1ncnc2c1ncn2[C@@H]1OC(CN(C(C)C)C2CC(CCc3nc4ccc(C)cc4[nH]3)C2)=C(O)C1O. The summed E-state index contributed by atoms with van der Waals surface area (Å²) in [6.45, 7) is 9.52. The van der Waals surface area contributed by atoms with Gasteiger partial charge in [-0.15, -0.1) is 0 Å². The number of hydrogen-bond acceptors (Lipinski definition) is 9. The lowest BCUT2D eigenvalue weighted by Crippen LogP contribution is -2.49. The molecule has 4 aromatic rings. The summed E-state index contributed by atoms with van der Waals surface area (Å²) < 4.78 is 7.83. The molecule has 11 heteroatoms. The van der Waals surface area contributed by atoms with Gasteiger partial charge in [0.2, 0.25) is 6.23 Å². The van der Waals surface area contributed by atoms with Gasteiger partial charge in [0.1, 0.15) is 18.5 Å². The van der Waals surface area contributed by atoms with Crippen LogP contribution in [0, 0.1) is 12.8 Å². The van der Waals surface area contributed by atoms with Gasteiger partial charge in [0.25, 0.3) is 0 Å². The van der Waals surface area contributed by atoms with Crippen LogP contribution in [0.3, 0.4) is 0 Å². The summed E-state index contributed by atoms with van der Waals surface area (Å²) in [4.78, 5) is 23.6. The Morgan fingerprint density at radius 2 is 2.05 bits per heavy atom. The second kappa shape index (κ2) is 10.7. The van der Waals surface area contributed by atoms with Crippen molar-refractivity contribution < 1.29 is 14.9 Å². The fourth-order valence-electron chi connectivity index (χ4n) is 5.97. The van der Waals surface area contributed by atoms with E-state index in [0.717, 1.165) is 42.5 Å². The quantitative estimate of drug-likeness (QED) is 0.230. The number of rotatable bonds is 10. The van der Waals surface area contributed by atoms with E-state index in [1.54, 1.807) is 10.9 Å². The molecule has 40 heavy (non-hydrogen) atoms. The number of ether oxygens (including phenoxy) is 1. The number of aliphatic hydroxyl groups is 2. The molecule has 4 N–H and O–H groups in total. The molecule has 2 atom stereocenters. The van der Waals surface area contributed by atoms with Gasteiger partial charge in [-0.3, -0.25) is 9.47 Å². The Morgan fingerprint density at radius 1 is 1.23 bits per heavy atom. The number of hydrogen-bond donors (Lipinski definition) is 4. The molecule has 1 unspecified atom stereocenters. The van der Waals surface area contributed by atoms with Crippen LogP contribution in [0.1, 0.15) is 57.6 Å². The van der Waals surface area contributed by atoms with Crippen LogP contribution in [0.5, 0.6) is 0 Å². The van der Waals surface area contributed by atoms with E-state index in [1.807, 2.05) is 6.92 Å². The third kappa shape index (κ3) is 4.88. The predicted octanol–water partition coefficient (Wildman–Crippen LogP) is 4.22. The zero-order chi connectivity index (χ0) is 28.0. The normalized spacial score (nSPS) is 23.0. The number of fused-ring (bicyclic) bond motifs is 2. The number of aromatic nitrogens is 6. The van der Waals surface area contributed by atoms with Crippen LogP contribution < -0.4 is 5.32 Å². The minimum atomic E-state index is -1.21. The zero-order valence-corrected chi connectivity index (χ0v) is 23.5. The molecule has 0 spiro atoms. The van der Waals surface area contributed by atoms with Crippen LogP contribution in [-0.2, 0) is 11.2 Å². The van der Waals surface area contributed by atoms with Crippen LogP contribution in [-0.4, -0.2) is 75.9 Å². The molecule has 4 heterocycles. The number of nitrogens with one attached hydrogen (secondary N) is 2. The fraction of sp³-hybridized carbons (Fsp3) is 0.517. The molecule has 1 aliphatic carbocycles. The van der Waals surface area contributed by atoms with Crippen LogP contribution >= 0.6 is 0 Å². The van der Waals surface area contributed by atoms with E-state index in [1.165, 1.54) is 11.9 Å². The molecule has 0 amide bonds. The van der Waals surface area contributed by atoms with Gasteiger partial charge in [-0.2, -0.15) is 0 Å². The lowest BCUT2D eigenvalue weighted by molar-refractivity contribution is -0.0182. The monoisotopic (exact) mass is 546 g/mol. The van der Waals surface area contributed by atoms with Crippen molar-refractivity contribution in [1.29, 1.82) is 0 Å². The first-order valence-corrected chi connectivity index (χ1v) is 14.2. The second-order valence-corrected chi connectivity index (χ2v) is 11.3. The van der Waals surface area contributed by atoms with Gasteiger partial charge in [-0.1, -0.05) is 6.07 Å². The number of H-pyrrole nitrogens is 1. The molecule has 11 nitrogen and oxygen atoms in total. The van der Waals surface area contributed by atoms with Gasteiger partial charge >= 0.3 is 0 Å². The maximum atomic E-state index is 10.9. The van der Waals surface area contributed by atoms with Crippen molar-refractivity contribution in [3.63, 3.8) is 0 Å². The molecule has 1 aliphatic heterocycles. The minimum Gasteiger partial charge on any atom is -0.506 e. The van der Waals surface area contributed by atoms with Crippen molar-refractivity contribution in [2.45, 2.75) is 77.8 Å². The van der Waals surface area contributed by atoms with Crippen LogP contribution in [0.4, 0.5) is 5.82 Å².